The van der Waals surface area contributed by atoms with Gasteiger partial charge in [0.25, 0.3) is 0 Å². The van der Waals surface area contributed by atoms with E-state index in [4.69, 9.17) is 14.2 Å². The summed E-state index contributed by atoms with van der Waals surface area (Å²) in [4.78, 5) is 0. The second-order valence-corrected chi connectivity index (χ2v) is 5.02. The van der Waals surface area contributed by atoms with Gasteiger partial charge < -0.3 is 24.4 Å². The Balaban J connectivity index is 2.09. The molecule has 5 nitrogen and oxygen atoms in total. The first-order valence-electron chi connectivity index (χ1n) is 5.73. The molecule has 0 spiro atoms. The SMILES string of the molecule is CC(C)OCC12COC(O1)C(C)C(O)C2O. The topological polar surface area (TPSA) is 68.2 Å². The summed E-state index contributed by atoms with van der Waals surface area (Å²) in [5.41, 5.74) is -0.902. The van der Waals surface area contributed by atoms with Crippen LogP contribution in [0.4, 0.5) is 0 Å². The Morgan fingerprint density at radius 3 is 2.75 bits per heavy atom. The smallest absolute Gasteiger partial charge is 0.163 e. The number of rotatable bonds is 3. The Labute approximate surface area is 95.3 Å². The number of aliphatic hydroxyl groups is 2. The van der Waals surface area contributed by atoms with Gasteiger partial charge in [-0.2, -0.15) is 0 Å². The minimum absolute atomic E-state index is 0.0562. The minimum Gasteiger partial charge on any atom is -0.390 e. The molecular formula is C11H20O5. The van der Waals surface area contributed by atoms with E-state index in [2.05, 4.69) is 0 Å². The molecule has 2 aliphatic heterocycles. The van der Waals surface area contributed by atoms with Crippen LogP contribution in [0.25, 0.3) is 0 Å². The molecule has 5 atom stereocenters. The zero-order valence-corrected chi connectivity index (χ0v) is 9.92. The van der Waals surface area contributed by atoms with Crippen molar-refractivity contribution in [1.29, 1.82) is 0 Å². The molecule has 0 aromatic heterocycles. The van der Waals surface area contributed by atoms with Crippen molar-refractivity contribution in [3.63, 3.8) is 0 Å². The van der Waals surface area contributed by atoms with E-state index in [1.807, 2.05) is 13.8 Å². The molecule has 16 heavy (non-hydrogen) atoms. The number of hydrogen-bond donors (Lipinski definition) is 2. The first-order valence-corrected chi connectivity index (χ1v) is 5.73. The summed E-state index contributed by atoms with van der Waals surface area (Å²) in [6, 6.07) is 0. The van der Waals surface area contributed by atoms with Crippen molar-refractivity contribution in [3.05, 3.63) is 0 Å². The maximum absolute atomic E-state index is 10.1. The van der Waals surface area contributed by atoms with Gasteiger partial charge in [0.1, 0.15) is 11.7 Å². The number of ether oxygens (including phenoxy) is 3. The third-order valence-corrected chi connectivity index (χ3v) is 3.33. The molecule has 5 heteroatoms. The van der Waals surface area contributed by atoms with Crippen molar-refractivity contribution in [2.75, 3.05) is 13.2 Å². The molecule has 2 rings (SSSR count). The highest BCUT2D eigenvalue weighted by molar-refractivity contribution is 5.02. The lowest BCUT2D eigenvalue weighted by molar-refractivity contribution is -0.250. The van der Waals surface area contributed by atoms with Gasteiger partial charge in [-0.1, -0.05) is 6.92 Å². The highest BCUT2D eigenvalue weighted by atomic mass is 16.7. The predicted molar refractivity (Wildman–Crippen MR) is 55.8 cm³/mol. The molecule has 0 radical (unpaired) electrons. The third-order valence-electron chi connectivity index (χ3n) is 3.33. The molecule has 0 saturated carbocycles. The summed E-state index contributed by atoms with van der Waals surface area (Å²) in [5, 5.41) is 20.0. The van der Waals surface area contributed by atoms with Gasteiger partial charge in [0.05, 0.1) is 25.4 Å². The van der Waals surface area contributed by atoms with E-state index in [0.29, 0.717) is 0 Å². The van der Waals surface area contributed by atoms with Crippen molar-refractivity contribution in [2.45, 2.75) is 51.0 Å². The Morgan fingerprint density at radius 1 is 1.44 bits per heavy atom. The van der Waals surface area contributed by atoms with Crippen LogP contribution >= 0.6 is 0 Å². The van der Waals surface area contributed by atoms with Gasteiger partial charge >= 0.3 is 0 Å². The molecule has 0 aromatic carbocycles. The van der Waals surface area contributed by atoms with Crippen LogP contribution in [0.5, 0.6) is 0 Å². The molecular weight excluding hydrogens is 212 g/mol. The van der Waals surface area contributed by atoms with E-state index < -0.39 is 24.1 Å². The first kappa shape index (κ1) is 12.3. The van der Waals surface area contributed by atoms with E-state index in [0.717, 1.165) is 0 Å². The van der Waals surface area contributed by atoms with Crippen molar-refractivity contribution in [3.8, 4) is 0 Å². The van der Waals surface area contributed by atoms with Crippen molar-refractivity contribution in [2.24, 2.45) is 5.92 Å². The van der Waals surface area contributed by atoms with E-state index in [1.54, 1.807) is 6.92 Å². The normalized spacial score (nSPS) is 47.6. The molecule has 2 heterocycles. The molecule has 2 bridgehead atoms. The van der Waals surface area contributed by atoms with Gasteiger partial charge in [0.2, 0.25) is 0 Å². The third kappa shape index (κ3) is 1.87. The monoisotopic (exact) mass is 232 g/mol. The number of fused-ring (bicyclic) bond motifs is 2. The Kier molecular flexibility index (Phi) is 3.25. The molecule has 0 aromatic rings. The van der Waals surface area contributed by atoms with E-state index in [1.165, 1.54) is 0 Å². The fourth-order valence-electron chi connectivity index (χ4n) is 2.17. The van der Waals surface area contributed by atoms with Crippen LogP contribution in [-0.2, 0) is 14.2 Å². The van der Waals surface area contributed by atoms with Gasteiger partial charge in [-0.15, -0.1) is 0 Å². The Bertz CT molecular complexity index is 257. The maximum Gasteiger partial charge on any atom is 0.163 e. The lowest BCUT2D eigenvalue weighted by atomic mass is 9.86. The minimum atomic E-state index is -0.958. The summed E-state index contributed by atoms with van der Waals surface area (Å²) in [7, 11) is 0. The van der Waals surface area contributed by atoms with Crippen LogP contribution in [-0.4, -0.2) is 53.6 Å². The standard InChI is InChI=1S/C11H20O5/c1-6(2)14-4-11-5-15-10(16-11)7(3)8(12)9(11)13/h6-10,12-13H,4-5H2,1-3H3. The molecule has 5 unspecified atom stereocenters. The van der Waals surface area contributed by atoms with E-state index in [9.17, 15) is 10.2 Å². The van der Waals surface area contributed by atoms with Crippen LogP contribution in [0, 0.1) is 5.92 Å². The Morgan fingerprint density at radius 2 is 2.12 bits per heavy atom. The zero-order valence-electron chi connectivity index (χ0n) is 9.92. The van der Waals surface area contributed by atoms with Gasteiger partial charge in [-0.25, -0.2) is 0 Å². The average molecular weight is 232 g/mol. The zero-order chi connectivity index (χ0) is 11.9. The first-order chi connectivity index (χ1) is 7.46. The summed E-state index contributed by atoms with van der Waals surface area (Å²) in [5.74, 6) is -0.218. The number of aliphatic hydroxyl groups excluding tert-OH is 2. The van der Waals surface area contributed by atoms with Crippen LogP contribution in [0.3, 0.4) is 0 Å². The van der Waals surface area contributed by atoms with Crippen LogP contribution < -0.4 is 0 Å². The quantitative estimate of drug-likeness (QED) is 0.711. The molecule has 2 saturated heterocycles. The van der Waals surface area contributed by atoms with Crippen molar-refractivity contribution in [1.82, 2.24) is 0 Å². The second kappa shape index (κ2) is 4.23. The second-order valence-electron chi connectivity index (χ2n) is 5.02. The fraction of sp³-hybridized carbons (Fsp3) is 1.00. The van der Waals surface area contributed by atoms with Gasteiger partial charge in [0.15, 0.2) is 6.29 Å². The molecule has 94 valence electrons. The van der Waals surface area contributed by atoms with Crippen LogP contribution in [0.2, 0.25) is 0 Å². The van der Waals surface area contributed by atoms with Gasteiger partial charge in [-0.05, 0) is 13.8 Å². The largest absolute Gasteiger partial charge is 0.390 e. The lowest BCUT2D eigenvalue weighted by Crippen LogP contribution is -2.60. The van der Waals surface area contributed by atoms with Crippen LogP contribution in [0.1, 0.15) is 20.8 Å². The Hall–Kier alpha value is -0.200. The average Bonchev–Trinajstić information content (AvgIpc) is 2.65. The highest BCUT2D eigenvalue weighted by Crippen LogP contribution is 2.39. The molecule has 0 amide bonds. The lowest BCUT2D eigenvalue weighted by Gasteiger charge is -2.41. The summed E-state index contributed by atoms with van der Waals surface area (Å²) in [6.07, 6.45) is -2.16. The molecule has 2 fully saturated rings. The van der Waals surface area contributed by atoms with E-state index >= 15 is 0 Å². The van der Waals surface area contributed by atoms with Gasteiger partial charge in [0, 0.05) is 5.92 Å². The van der Waals surface area contributed by atoms with Gasteiger partial charge in [-0.3, -0.25) is 0 Å². The van der Waals surface area contributed by atoms with Crippen molar-refractivity contribution < 1.29 is 24.4 Å². The van der Waals surface area contributed by atoms with Crippen LogP contribution in [0.15, 0.2) is 0 Å². The molecule has 0 aliphatic carbocycles. The molecule has 2 aliphatic rings. The predicted octanol–water partition coefficient (Wildman–Crippen LogP) is -0.105. The highest BCUT2D eigenvalue weighted by Gasteiger charge is 2.57. The fourth-order valence-corrected chi connectivity index (χ4v) is 2.17. The summed E-state index contributed by atoms with van der Waals surface area (Å²) >= 11 is 0. The molecule has 2 N–H and O–H groups in total. The summed E-state index contributed by atoms with van der Waals surface area (Å²) < 4.78 is 16.6. The van der Waals surface area contributed by atoms with E-state index in [-0.39, 0.29) is 25.2 Å². The number of hydrogen-bond acceptors (Lipinski definition) is 5. The van der Waals surface area contributed by atoms with Crippen molar-refractivity contribution >= 4 is 0 Å². The maximum atomic E-state index is 10.1. The summed E-state index contributed by atoms with van der Waals surface area (Å²) in [6.45, 7) is 6.15.